The Bertz CT molecular complexity index is 553. The fraction of sp³-hybridized carbons (Fsp3) is 0.583. The summed E-state index contributed by atoms with van der Waals surface area (Å²) in [5.41, 5.74) is 6.34. The molecule has 8 heteroatoms. The van der Waals surface area contributed by atoms with Crippen LogP contribution in [0.4, 0.5) is 11.8 Å². The second-order valence-electron chi connectivity index (χ2n) is 5.15. The highest BCUT2D eigenvalue weighted by atomic mass is 35.5. The number of nitrogens with one attached hydrogen (secondary N) is 1. The largest absolute Gasteiger partial charge is 0.378 e. The van der Waals surface area contributed by atoms with E-state index in [1.807, 2.05) is 4.90 Å². The lowest BCUT2D eigenvalue weighted by Gasteiger charge is -2.29. The zero-order valence-electron chi connectivity index (χ0n) is 11.1. The van der Waals surface area contributed by atoms with Crippen LogP contribution in [-0.2, 0) is 9.53 Å². The van der Waals surface area contributed by atoms with E-state index in [2.05, 4.69) is 15.3 Å². The van der Waals surface area contributed by atoms with Crippen LogP contribution in [0.3, 0.4) is 0 Å². The summed E-state index contributed by atoms with van der Waals surface area (Å²) in [5.74, 6) is 0.567. The molecule has 1 amide bonds. The van der Waals surface area contributed by atoms with Crippen molar-refractivity contribution in [1.29, 1.82) is 0 Å². The molecular weight excluding hydrogens is 282 g/mol. The number of nitrogens with zero attached hydrogens (tertiary/aromatic N) is 3. The lowest BCUT2D eigenvalue weighted by atomic mass is 10.1. The summed E-state index contributed by atoms with van der Waals surface area (Å²) in [6.45, 7) is 3.80. The van der Waals surface area contributed by atoms with Gasteiger partial charge in [-0.1, -0.05) is 11.6 Å². The van der Waals surface area contributed by atoms with Crippen LogP contribution < -0.4 is 16.0 Å². The standard InChI is InChI=1S/C12H16ClN5O2/c1-6-9(13)10(17-12(14)15-6)18-2-7-4-20-5-8(3-18)16-11(7)19/h7-8H,2-5H2,1H3,(H,16,19)(H2,14,15,17)/t7-,8+/m1/s1. The number of carbonyl (C=O) groups is 1. The van der Waals surface area contributed by atoms with E-state index in [1.165, 1.54) is 0 Å². The van der Waals surface area contributed by atoms with Crippen molar-refractivity contribution in [2.24, 2.45) is 5.92 Å². The van der Waals surface area contributed by atoms with Crippen LogP contribution in [0.15, 0.2) is 0 Å². The third-order valence-electron chi connectivity index (χ3n) is 3.55. The normalized spacial score (nSPS) is 26.1. The van der Waals surface area contributed by atoms with Gasteiger partial charge < -0.3 is 20.7 Å². The minimum absolute atomic E-state index is 0.0184. The fourth-order valence-electron chi connectivity index (χ4n) is 2.58. The number of ether oxygens (including phenoxy) is 1. The average Bonchev–Trinajstić information content (AvgIpc) is 2.62. The van der Waals surface area contributed by atoms with E-state index in [4.69, 9.17) is 22.1 Å². The number of nitrogens with two attached hydrogens (primary N) is 1. The molecule has 2 aliphatic rings. The van der Waals surface area contributed by atoms with Crippen molar-refractivity contribution in [2.75, 3.05) is 36.9 Å². The third kappa shape index (κ3) is 2.38. The van der Waals surface area contributed by atoms with Crippen LogP contribution in [0.2, 0.25) is 5.02 Å². The maximum Gasteiger partial charge on any atom is 0.227 e. The Hall–Kier alpha value is -1.60. The highest BCUT2D eigenvalue weighted by Crippen LogP contribution is 2.29. The molecule has 1 aromatic heterocycles. The number of aryl methyl sites for hydroxylation is 1. The SMILES string of the molecule is Cc1nc(N)nc(N2C[C@H]3COC[C@@H](C2)C(=O)N3)c1Cl. The Morgan fingerprint density at radius 3 is 3.00 bits per heavy atom. The highest BCUT2D eigenvalue weighted by molar-refractivity contribution is 6.33. The smallest absolute Gasteiger partial charge is 0.227 e. The minimum atomic E-state index is -0.227. The molecule has 1 aromatic rings. The van der Waals surface area contributed by atoms with Crippen LogP contribution in [0.5, 0.6) is 0 Å². The lowest BCUT2D eigenvalue weighted by molar-refractivity contribution is -0.124. The molecule has 3 heterocycles. The van der Waals surface area contributed by atoms with E-state index in [0.29, 0.717) is 42.8 Å². The van der Waals surface area contributed by atoms with E-state index < -0.39 is 0 Å². The number of halogens is 1. The average molecular weight is 298 g/mol. The van der Waals surface area contributed by atoms with Gasteiger partial charge in [-0.3, -0.25) is 4.79 Å². The van der Waals surface area contributed by atoms with Crippen molar-refractivity contribution in [1.82, 2.24) is 15.3 Å². The number of rotatable bonds is 1. The van der Waals surface area contributed by atoms with Crippen molar-refractivity contribution in [3.05, 3.63) is 10.7 Å². The second-order valence-corrected chi connectivity index (χ2v) is 5.53. The third-order valence-corrected chi connectivity index (χ3v) is 4.00. The number of fused-ring (bicyclic) bond motifs is 3. The number of hydrogen-bond donors (Lipinski definition) is 2. The summed E-state index contributed by atoms with van der Waals surface area (Å²) in [6, 6.07) is -0.0671. The summed E-state index contributed by atoms with van der Waals surface area (Å²) in [5, 5.41) is 3.45. The first-order valence-electron chi connectivity index (χ1n) is 6.47. The van der Waals surface area contributed by atoms with Gasteiger partial charge in [-0.15, -0.1) is 0 Å². The molecule has 0 saturated carbocycles. The molecule has 7 nitrogen and oxygen atoms in total. The summed E-state index contributed by atoms with van der Waals surface area (Å²) in [7, 11) is 0. The summed E-state index contributed by atoms with van der Waals surface area (Å²) in [4.78, 5) is 22.2. The fourth-order valence-corrected chi connectivity index (χ4v) is 2.78. The first kappa shape index (κ1) is 13.4. The molecule has 3 N–H and O–H groups in total. The van der Waals surface area contributed by atoms with Gasteiger partial charge in [-0.2, -0.15) is 4.98 Å². The molecule has 2 fully saturated rings. The van der Waals surface area contributed by atoms with Gasteiger partial charge in [0.2, 0.25) is 11.9 Å². The predicted molar refractivity (Wildman–Crippen MR) is 74.6 cm³/mol. The molecule has 0 radical (unpaired) electrons. The Balaban J connectivity index is 1.96. The van der Waals surface area contributed by atoms with Gasteiger partial charge in [0.15, 0.2) is 5.82 Å². The summed E-state index contributed by atoms with van der Waals surface area (Å²) in [6.07, 6.45) is 0. The zero-order valence-corrected chi connectivity index (χ0v) is 11.9. The molecule has 2 bridgehead atoms. The van der Waals surface area contributed by atoms with Gasteiger partial charge in [0.1, 0.15) is 5.02 Å². The van der Waals surface area contributed by atoms with E-state index in [1.54, 1.807) is 6.92 Å². The van der Waals surface area contributed by atoms with Crippen LogP contribution >= 0.6 is 11.6 Å². The molecule has 2 aliphatic heterocycles. The second kappa shape index (κ2) is 5.06. The molecule has 0 spiro atoms. The lowest BCUT2D eigenvalue weighted by Crippen LogP contribution is -2.42. The van der Waals surface area contributed by atoms with Crippen LogP contribution in [-0.4, -0.2) is 48.2 Å². The van der Waals surface area contributed by atoms with Gasteiger partial charge in [-0.05, 0) is 6.92 Å². The molecule has 3 rings (SSSR count). The Kier molecular flexibility index (Phi) is 3.39. The Labute approximate surface area is 121 Å². The zero-order chi connectivity index (χ0) is 14.3. The number of carbonyl (C=O) groups excluding carboxylic acids is 1. The van der Waals surface area contributed by atoms with Crippen molar-refractivity contribution in [2.45, 2.75) is 13.0 Å². The molecule has 0 aromatic carbocycles. The van der Waals surface area contributed by atoms with Crippen molar-refractivity contribution in [3.8, 4) is 0 Å². The Morgan fingerprint density at radius 1 is 1.40 bits per heavy atom. The number of aromatic nitrogens is 2. The topological polar surface area (TPSA) is 93.4 Å². The van der Waals surface area contributed by atoms with Gasteiger partial charge in [0.05, 0.1) is 30.9 Å². The number of hydrogen-bond acceptors (Lipinski definition) is 6. The predicted octanol–water partition coefficient (Wildman–Crippen LogP) is -0.0282. The minimum Gasteiger partial charge on any atom is -0.378 e. The number of anilines is 2. The molecule has 2 atom stereocenters. The highest BCUT2D eigenvalue weighted by Gasteiger charge is 2.34. The van der Waals surface area contributed by atoms with E-state index >= 15 is 0 Å². The number of nitrogen functional groups attached to an aromatic ring is 1. The van der Waals surface area contributed by atoms with Gasteiger partial charge in [-0.25, -0.2) is 4.98 Å². The maximum absolute atomic E-state index is 12.0. The summed E-state index contributed by atoms with van der Waals surface area (Å²) < 4.78 is 5.49. The maximum atomic E-state index is 12.0. The van der Waals surface area contributed by atoms with E-state index in [-0.39, 0.29) is 23.8 Å². The van der Waals surface area contributed by atoms with Gasteiger partial charge >= 0.3 is 0 Å². The quantitative estimate of drug-likeness (QED) is 0.756. The van der Waals surface area contributed by atoms with Crippen molar-refractivity contribution < 1.29 is 9.53 Å². The van der Waals surface area contributed by atoms with Crippen molar-refractivity contribution >= 4 is 29.3 Å². The number of amides is 1. The van der Waals surface area contributed by atoms with E-state index in [9.17, 15) is 4.79 Å². The van der Waals surface area contributed by atoms with Crippen molar-refractivity contribution in [3.63, 3.8) is 0 Å². The molecule has 0 unspecified atom stereocenters. The van der Waals surface area contributed by atoms with Gasteiger partial charge in [0.25, 0.3) is 0 Å². The van der Waals surface area contributed by atoms with Crippen LogP contribution in [0.1, 0.15) is 5.69 Å². The first-order chi connectivity index (χ1) is 9.54. The molecule has 108 valence electrons. The molecule has 0 aliphatic carbocycles. The van der Waals surface area contributed by atoms with Crippen LogP contribution in [0, 0.1) is 12.8 Å². The summed E-state index contributed by atoms with van der Waals surface area (Å²) >= 11 is 6.29. The van der Waals surface area contributed by atoms with E-state index in [0.717, 1.165) is 0 Å². The molecule has 20 heavy (non-hydrogen) atoms. The Morgan fingerprint density at radius 2 is 2.20 bits per heavy atom. The molecule has 2 saturated heterocycles. The first-order valence-corrected chi connectivity index (χ1v) is 6.85. The van der Waals surface area contributed by atoms with Gasteiger partial charge in [0, 0.05) is 13.1 Å². The van der Waals surface area contributed by atoms with Crippen LogP contribution in [0.25, 0.3) is 0 Å². The monoisotopic (exact) mass is 297 g/mol. The molecular formula is C12H16ClN5O2.